The Hall–Kier alpha value is -1.88. The lowest BCUT2D eigenvalue weighted by Crippen LogP contribution is -2.22. The summed E-state index contributed by atoms with van der Waals surface area (Å²) in [5.41, 5.74) is 6.22. The summed E-state index contributed by atoms with van der Waals surface area (Å²) in [6.07, 6.45) is 0. The quantitative estimate of drug-likeness (QED) is 0.710. The Morgan fingerprint density at radius 1 is 1.33 bits per heavy atom. The molecule has 0 saturated heterocycles. The van der Waals surface area contributed by atoms with Crippen molar-refractivity contribution in [1.82, 2.24) is 0 Å². The van der Waals surface area contributed by atoms with E-state index in [4.69, 9.17) is 10.8 Å². The monoisotopic (exact) mass is 209 g/mol. The predicted molar refractivity (Wildman–Crippen MR) is 52.3 cm³/mol. The van der Waals surface area contributed by atoms with E-state index in [-0.39, 0.29) is 5.56 Å². The molecule has 0 heterocycles. The molecule has 0 bridgehead atoms. The summed E-state index contributed by atoms with van der Waals surface area (Å²) in [7, 11) is 1.24. The van der Waals surface area contributed by atoms with Crippen molar-refractivity contribution in [1.29, 1.82) is 0 Å². The van der Waals surface area contributed by atoms with Crippen LogP contribution in [0.1, 0.15) is 22.0 Å². The van der Waals surface area contributed by atoms with Gasteiger partial charge in [0.05, 0.1) is 12.7 Å². The third-order valence-corrected chi connectivity index (χ3v) is 1.97. The number of carbonyl (C=O) groups is 2. The van der Waals surface area contributed by atoms with Gasteiger partial charge in [0.25, 0.3) is 0 Å². The fraction of sp³-hybridized carbons (Fsp3) is 0.200. The average molecular weight is 209 g/mol. The minimum Gasteiger partial charge on any atom is -0.478 e. The molecule has 1 aromatic carbocycles. The Labute approximate surface area is 86.5 Å². The van der Waals surface area contributed by atoms with Crippen LogP contribution in [0.15, 0.2) is 24.3 Å². The zero-order valence-corrected chi connectivity index (χ0v) is 8.14. The zero-order valence-electron chi connectivity index (χ0n) is 8.14. The van der Waals surface area contributed by atoms with Crippen molar-refractivity contribution in [2.24, 2.45) is 5.73 Å². The molecule has 0 saturated carbocycles. The largest absolute Gasteiger partial charge is 0.478 e. The number of hydrogen-bond donors (Lipinski definition) is 2. The number of carboxylic acids is 1. The van der Waals surface area contributed by atoms with Crippen molar-refractivity contribution in [2.75, 3.05) is 7.11 Å². The minimum absolute atomic E-state index is 0.149. The molecule has 0 aliphatic rings. The van der Waals surface area contributed by atoms with Crippen molar-refractivity contribution in [3.05, 3.63) is 35.4 Å². The van der Waals surface area contributed by atoms with Gasteiger partial charge in [0.15, 0.2) is 0 Å². The summed E-state index contributed by atoms with van der Waals surface area (Å²) in [4.78, 5) is 21.6. The van der Waals surface area contributed by atoms with Crippen LogP contribution in [0.25, 0.3) is 0 Å². The molecule has 15 heavy (non-hydrogen) atoms. The van der Waals surface area contributed by atoms with E-state index in [9.17, 15) is 9.59 Å². The Morgan fingerprint density at radius 3 is 2.27 bits per heavy atom. The van der Waals surface area contributed by atoms with Gasteiger partial charge in [-0.3, -0.25) is 4.79 Å². The van der Waals surface area contributed by atoms with E-state index < -0.39 is 18.0 Å². The van der Waals surface area contributed by atoms with Crippen LogP contribution in [-0.2, 0) is 9.53 Å². The first-order valence-corrected chi connectivity index (χ1v) is 4.23. The Balaban J connectivity index is 2.89. The minimum atomic E-state index is -1.02. The lowest BCUT2D eigenvalue weighted by atomic mass is 10.1. The number of methoxy groups -OCH3 is 1. The summed E-state index contributed by atoms with van der Waals surface area (Å²) in [6, 6.07) is 4.88. The van der Waals surface area contributed by atoms with E-state index in [1.54, 1.807) is 0 Å². The van der Waals surface area contributed by atoms with Gasteiger partial charge in [-0.05, 0) is 17.7 Å². The number of nitrogens with two attached hydrogens (primary N) is 1. The summed E-state index contributed by atoms with van der Waals surface area (Å²) >= 11 is 0. The van der Waals surface area contributed by atoms with Gasteiger partial charge in [0.2, 0.25) is 0 Å². The second-order valence-corrected chi connectivity index (χ2v) is 2.93. The first-order chi connectivity index (χ1) is 7.06. The Morgan fingerprint density at radius 2 is 1.87 bits per heavy atom. The van der Waals surface area contributed by atoms with Gasteiger partial charge in [0.1, 0.15) is 6.04 Å². The molecule has 0 amide bonds. The molecule has 1 aromatic rings. The number of benzene rings is 1. The number of aromatic carboxylic acids is 1. The SMILES string of the molecule is COC(=O)[C@@H](N)c1ccc(C(=O)O)cc1. The van der Waals surface area contributed by atoms with E-state index in [2.05, 4.69) is 4.74 Å². The van der Waals surface area contributed by atoms with Gasteiger partial charge in [-0.15, -0.1) is 0 Å². The molecule has 0 aromatic heterocycles. The summed E-state index contributed by atoms with van der Waals surface area (Å²) < 4.78 is 4.46. The van der Waals surface area contributed by atoms with Crippen LogP contribution >= 0.6 is 0 Å². The van der Waals surface area contributed by atoms with Crippen molar-refractivity contribution in [2.45, 2.75) is 6.04 Å². The number of carbonyl (C=O) groups excluding carboxylic acids is 1. The molecule has 5 nitrogen and oxygen atoms in total. The molecule has 0 fully saturated rings. The fourth-order valence-electron chi connectivity index (χ4n) is 1.10. The van der Waals surface area contributed by atoms with Gasteiger partial charge < -0.3 is 15.6 Å². The van der Waals surface area contributed by atoms with Gasteiger partial charge in [-0.2, -0.15) is 0 Å². The molecule has 0 unspecified atom stereocenters. The van der Waals surface area contributed by atoms with Gasteiger partial charge >= 0.3 is 11.9 Å². The maximum atomic E-state index is 11.1. The highest BCUT2D eigenvalue weighted by Crippen LogP contribution is 2.12. The average Bonchev–Trinajstić information content (AvgIpc) is 2.27. The van der Waals surface area contributed by atoms with E-state index >= 15 is 0 Å². The number of esters is 1. The van der Waals surface area contributed by atoms with Crippen molar-refractivity contribution < 1.29 is 19.4 Å². The summed E-state index contributed by atoms with van der Waals surface area (Å²) in [5, 5.41) is 8.65. The van der Waals surface area contributed by atoms with Crippen LogP contribution in [-0.4, -0.2) is 24.2 Å². The fourth-order valence-corrected chi connectivity index (χ4v) is 1.10. The topological polar surface area (TPSA) is 89.6 Å². The van der Waals surface area contributed by atoms with E-state index in [1.165, 1.54) is 31.4 Å². The highest BCUT2D eigenvalue weighted by atomic mass is 16.5. The second-order valence-electron chi connectivity index (χ2n) is 2.93. The van der Waals surface area contributed by atoms with Crippen LogP contribution in [0.3, 0.4) is 0 Å². The number of rotatable bonds is 3. The van der Waals surface area contributed by atoms with Crippen molar-refractivity contribution in [3.63, 3.8) is 0 Å². The highest BCUT2D eigenvalue weighted by Gasteiger charge is 2.16. The van der Waals surface area contributed by atoms with E-state index in [0.29, 0.717) is 5.56 Å². The molecule has 0 spiro atoms. The zero-order chi connectivity index (χ0) is 11.4. The standard InChI is InChI=1S/C10H11NO4/c1-15-10(14)8(11)6-2-4-7(5-3-6)9(12)13/h2-5,8H,11H2,1H3,(H,12,13)/t8-/m0/s1. The lowest BCUT2D eigenvalue weighted by Gasteiger charge is -2.09. The molecule has 3 N–H and O–H groups in total. The van der Waals surface area contributed by atoms with Crippen molar-refractivity contribution >= 4 is 11.9 Å². The van der Waals surface area contributed by atoms with Crippen LogP contribution in [0.4, 0.5) is 0 Å². The first-order valence-electron chi connectivity index (χ1n) is 4.23. The van der Waals surface area contributed by atoms with Crippen LogP contribution in [0.5, 0.6) is 0 Å². The molecule has 0 aliphatic heterocycles. The summed E-state index contributed by atoms with van der Waals surface area (Å²) in [6.45, 7) is 0. The number of carboxylic acid groups (broad SMARTS) is 1. The second kappa shape index (κ2) is 4.56. The molecule has 5 heteroatoms. The third-order valence-electron chi connectivity index (χ3n) is 1.97. The number of ether oxygens (including phenoxy) is 1. The smallest absolute Gasteiger partial charge is 0.335 e. The van der Waals surface area contributed by atoms with Gasteiger partial charge in [-0.25, -0.2) is 4.79 Å². The van der Waals surface area contributed by atoms with E-state index in [1.807, 2.05) is 0 Å². The normalized spacial score (nSPS) is 11.9. The lowest BCUT2D eigenvalue weighted by molar-refractivity contribution is -0.142. The highest BCUT2D eigenvalue weighted by molar-refractivity contribution is 5.87. The molecule has 0 aliphatic carbocycles. The summed E-state index contributed by atoms with van der Waals surface area (Å²) in [5.74, 6) is -1.58. The van der Waals surface area contributed by atoms with Gasteiger partial charge in [0, 0.05) is 0 Å². The molecular formula is C10H11NO4. The van der Waals surface area contributed by atoms with Crippen LogP contribution in [0.2, 0.25) is 0 Å². The molecule has 80 valence electrons. The van der Waals surface area contributed by atoms with Crippen LogP contribution < -0.4 is 5.73 Å². The third kappa shape index (κ3) is 2.54. The van der Waals surface area contributed by atoms with Crippen molar-refractivity contribution in [3.8, 4) is 0 Å². The van der Waals surface area contributed by atoms with Gasteiger partial charge in [-0.1, -0.05) is 12.1 Å². The maximum absolute atomic E-state index is 11.1. The predicted octanol–water partition coefficient (Wildman–Crippen LogP) is 0.558. The molecule has 1 atom stereocenters. The maximum Gasteiger partial charge on any atom is 0.335 e. The van der Waals surface area contributed by atoms with Crippen LogP contribution in [0, 0.1) is 0 Å². The molecule has 1 rings (SSSR count). The number of hydrogen-bond acceptors (Lipinski definition) is 4. The first kappa shape index (κ1) is 11.2. The Kier molecular flexibility index (Phi) is 3.41. The molecule has 0 radical (unpaired) electrons. The Bertz CT molecular complexity index is 372. The molecular weight excluding hydrogens is 198 g/mol. The van der Waals surface area contributed by atoms with E-state index in [0.717, 1.165) is 0 Å².